The summed E-state index contributed by atoms with van der Waals surface area (Å²) >= 11 is 0. The van der Waals surface area contributed by atoms with E-state index in [9.17, 15) is 18.5 Å². The minimum atomic E-state index is -3.80. The molecule has 0 aliphatic rings. The summed E-state index contributed by atoms with van der Waals surface area (Å²) < 4.78 is 27.1. The first-order valence-electron chi connectivity index (χ1n) is 6.60. The van der Waals surface area contributed by atoms with Crippen molar-refractivity contribution in [1.29, 1.82) is 0 Å². The van der Waals surface area contributed by atoms with Crippen LogP contribution in [-0.4, -0.2) is 19.9 Å². The Bertz CT molecular complexity index is 641. The average Bonchev–Trinajstić information content (AvgIpc) is 2.34. The number of aryl methyl sites for hydroxylation is 1. The molecule has 0 spiro atoms. The molecule has 0 aliphatic carbocycles. The van der Waals surface area contributed by atoms with Crippen LogP contribution in [0.5, 0.6) is 0 Å². The average molecular weight is 315 g/mol. The lowest BCUT2D eigenvalue weighted by Crippen LogP contribution is -2.30. The molecule has 1 unspecified atom stereocenters. The summed E-state index contributed by atoms with van der Waals surface area (Å²) in [5.41, 5.74) is 5.46. The zero-order chi connectivity index (χ0) is 16.4. The van der Waals surface area contributed by atoms with Crippen molar-refractivity contribution in [1.82, 2.24) is 4.72 Å². The molecule has 118 valence electrons. The minimum absolute atomic E-state index is 0.0491. The maximum absolute atomic E-state index is 12.3. The van der Waals surface area contributed by atoms with Gasteiger partial charge in [-0.15, -0.1) is 0 Å². The highest BCUT2D eigenvalue weighted by Gasteiger charge is 2.23. The summed E-state index contributed by atoms with van der Waals surface area (Å²) in [6.45, 7) is 7.76. The van der Waals surface area contributed by atoms with Gasteiger partial charge >= 0.3 is 0 Å². The predicted molar refractivity (Wildman–Crippen MR) is 81.4 cm³/mol. The van der Waals surface area contributed by atoms with E-state index in [0.29, 0.717) is 11.5 Å². The number of nitrogens with two attached hydrogens (primary N) is 1. The van der Waals surface area contributed by atoms with Crippen LogP contribution in [0.2, 0.25) is 0 Å². The van der Waals surface area contributed by atoms with Crippen LogP contribution >= 0.6 is 0 Å². The number of benzene rings is 1. The highest BCUT2D eigenvalue weighted by Crippen LogP contribution is 2.28. The number of hydrogen-bond donors (Lipinski definition) is 2. The molecular formula is C13H21N3O4S. The second-order valence-electron chi connectivity index (χ2n) is 5.51. The van der Waals surface area contributed by atoms with Crippen LogP contribution in [0.15, 0.2) is 17.0 Å². The second kappa shape index (κ2) is 6.40. The standard InChI is InChI=1S/C13H21N3O4S/c1-8(2)10(4)7-15-21(19,20)13-6-12(16(17)18)11(14)5-9(13)3/h5-6,8,10,15H,7,14H2,1-4H3. The molecule has 21 heavy (non-hydrogen) atoms. The largest absolute Gasteiger partial charge is 0.393 e. The van der Waals surface area contributed by atoms with Gasteiger partial charge in [-0.3, -0.25) is 10.1 Å². The van der Waals surface area contributed by atoms with Crippen LogP contribution in [0.25, 0.3) is 0 Å². The molecule has 0 saturated heterocycles. The molecule has 1 rings (SSSR count). The van der Waals surface area contributed by atoms with Crippen LogP contribution in [0.1, 0.15) is 26.3 Å². The van der Waals surface area contributed by atoms with Gasteiger partial charge in [0.15, 0.2) is 0 Å². The van der Waals surface area contributed by atoms with Crippen molar-refractivity contribution < 1.29 is 13.3 Å². The van der Waals surface area contributed by atoms with E-state index >= 15 is 0 Å². The fraction of sp³-hybridized carbons (Fsp3) is 0.538. The molecule has 8 heteroatoms. The van der Waals surface area contributed by atoms with Crippen LogP contribution in [0.3, 0.4) is 0 Å². The first-order valence-corrected chi connectivity index (χ1v) is 8.08. The highest BCUT2D eigenvalue weighted by atomic mass is 32.2. The third-order valence-corrected chi connectivity index (χ3v) is 5.11. The molecule has 0 amide bonds. The van der Waals surface area contributed by atoms with E-state index in [0.717, 1.165) is 6.07 Å². The van der Waals surface area contributed by atoms with Crippen molar-refractivity contribution in [2.45, 2.75) is 32.6 Å². The number of sulfonamides is 1. The number of nitrogens with zero attached hydrogens (tertiary/aromatic N) is 1. The molecule has 0 bridgehead atoms. The zero-order valence-corrected chi connectivity index (χ0v) is 13.4. The number of nitrogen functional groups attached to an aromatic ring is 1. The van der Waals surface area contributed by atoms with E-state index in [4.69, 9.17) is 5.73 Å². The van der Waals surface area contributed by atoms with Crippen molar-refractivity contribution in [3.05, 3.63) is 27.8 Å². The first-order chi connectivity index (χ1) is 9.56. The molecule has 0 aromatic heterocycles. The summed E-state index contributed by atoms with van der Waals surface area (Å²) in [6.07, 6.45) is 0. The molecule has 1 aromatic carbocycles. The van der Waals surface area contributed by atoms with Gasteiger partial charge in [0.1, 0.15) is 5.69 Å². The third-order valence-electron chi connectivity index (χ3n) is 3.54. The summed E-state index contributed by atoms with van der Waals surface area (Å²) in [5.74, 6) is 0.485. The predicted octanol–water partition coefficient (Wildman–Crippen LogP) is 2.06. The Morgan fingerprint density at radius 1 is 1.33 bits per heavy atom. The number of nitrogens with one attached hydrogen (secondary N) is 1. The third kappa shape index (κ3) is 4.15. The Kier molecular flexibility index (Phi) is 5.30. The van der Waals surface area contributed by atoms with Gasteiger partial charge in [-0.25, -0.2) is 13.1 Å². The van der Waals surface area contributed by atoms with E-state index in [-0.39, 0.29) is 23.0 Å². The quantitative estimate of drug-likeness (QED) is 0.473. The molecule has 0 radical (unpaired) electrons. The summed E-state index contributed by atoms with van der Waals surface area (Å²) in [4.78, 5) is 10.1. The van der Waals surface area contributed by atoms with Gasteiger partial charge in [0.05, 0.1) is 9.82 Å². The lowest BCUT2D eigenvalue weighted by atomic mass is 9.99. The molecule has 0 fully saturated rings. The van der Waals surface area contributed by atoms with Gasteiger partial charge in [-0.05, 0) is 30.4 Å². The van der Waals surface area contributed by atoms with Gasteiger partial charge in [0, 0.05) is 12.6 Å². The number of nitro groups is 1. The van der Waals surface area contributed by atoms with E-state index in [2.05, 4.69) is 4.72 Å². The van der Waals surface area contributed by atoms with Gasteiger partial charge in [0.25, 0.3) is 5.69 Å². The fourth-order valence-corrected chi connectivity index (χ4v) is 3.09. The molecule has 1 atom stereocenters. The minimum Gasteiger partial charge on any atom is -0.393 e. The van der Waals surface area contributed by atoms with E-state index in [1.807, 2.05) is 20.8 Å². The number of rotatable bonds is 6. The van der Waals surface area contributed by atoms with Crippen molar-refractivity contribution in [3.8, 4) is 0 Å². The normalized spacial score (nSPS) is 13.4. The topological polar surface area (TPSA) is 115 Å². The maximum Gasteiger partial charge on any atom is 0.293 e. The smallest absolute Gasteiger partial charge is 0.293 e. The van der Waals surface area contributed by atoms with Gasteiger partial charge in [-0.1, -0.05) is 20.8 Å². The highest BCUT2D eigenvalue weighted by molar-refractivity contribution is 7.89. The summed E-state index contributed by atoms with van der Waals surface area (Å²) in [6, 6.07) is 2.31. The molecule has 0 saturated carbocycles. The van der Waals surface area contributed by atoms with E-state index in [1.54, 1.807) is 6.92 Å². The summed E-state index contributed by atoms with van der Waals surface area (Å²) in [5, 5.41) is 10.9. The zero-order valence-electron chi connectivity index (χ0n) is 12.6. The molecule has 3 N–H and O–H groups in total. The van der Waals surface area contributed by atoms with Crippen LogP contribution in [0, 0.1) is 28.9 Å². The van der Waals surface area contributed by atoms with Crippen molar-refractivity contribution >= 4 is 21.4 Å². The Morgan fingerprint density at radius 3 is 2.38 bits per heavy atom. The van der Waals surface area contributed by atoms with E-state index in [1.165, 1.54) is 6.07 Å². The van der Waals surface area contributed by atoms with Gasteiger partial charge in [0.2, 0.25) is 10.0 Å². The van der Waals surface area contributed by atoms with Crippen LogP contribution < -0.4 is 10.5 Å². The number of anilines is 1. The van der Waals surface area contributed by atoms with Crippen LogP contribution in [-0.2, 0) is 10.0 Å². The summed E-state index contributed by atoms with van der Waals surface area (Å²) in [7, 11) is -3.80. The lowest BCUT2D eigenvalue weighted by Gasteiger charge is -2.17. The number of hydrogen-bond acceptors (Lipinski definition) is 5. The van der Waals surface area contributed by atoms with Gasteiger partial charge in [-0.2, -0.15) is 0 Å². The molecule has 0 aliphatic heterocycles. The molecule has 0 heterocycles. The fourth-order valence-electron chi connectivity index (χ4n) is 1.70. The number of nitro benzene ring substituents is 1. The lowest BCUT2D eigenvalue weighted by molar-refractivity contribution is -0.384. The molecular weight excluding hydrogens is 294 g/mol. The van der Waals surface area contributed by atoms with E-state index < -0.39 is 20.6 Å². The second-order valence-corrected chi connectivity index (χ2v) is 7.24. The Hall–Kier alpha value is -1.67. The Labute approximate surface area is 124 Å². The van der Waals surface area contributed by atoms with Crippen molar-refractivity contribution in [2.75, 3.05) is 12.3 Å². The van der Waals surface area contributed by atoms with Gasteiger partial charge < -0.3 is 5.73 Å². The Morgan fingerprint density at radius 2 is 1.90 bits per heavy atom. The maximum atomic E-state index is 12.3. The first kappa shape index (κ1) is 17.4. The monoisotopic (exact) mass is 315 g/mol. The van der Waals surface area contributed by atoms with Crippen molar-refractivity contribution in [2.24, 2.45) is 11.8 Å². The molecule has 7 nitrogen and oxygen atoms in total. The Balaban J connectivity index is 3.14. The molecule has 1 aromatic rings. The van der Waals surface area contributed by atoms with Crippen LogP contribution in [0.4, 0.5) is 11.4 Å². The van der Waals surface area contributed by atoms with Crippen molar-refractivity contribution in [3.63, 3.8) is 0 Å². The SMILES string of the molecule is Cc1cc(N)c([N+](=O)[O-])cc1S(=O)(=O)NCC(C)C(C)C.